The van der Waals surface area contributed by atoms with Crippen LogP contribution in [0.1, 0.15) is 41.0 Å². The summed E-state index contributed by atoms with van der Waals surface area (Å²) in [5.74, 6) is -0.0665. The van der Waals surface area contributed by atoms with Crippen LogP contribution in [0, 0.1) is 0 Å². The first-order valence-corrected chi connectivity index (χ1v) is 17.9. The summed E-state index contributed by atoms with van der Waals surface area (Å²) in [4.78, 5) is 44.1. The van der Waals surface area contributed by atoms with E-state index in [0.29, 0.717) is 45.2 Å². The predicted molar refractivity (Wildman–Crippen MR) is 221 cm³/mol. The Morgan fingerprint density at radius 2 is 1.24 bits per heavy atom. The molecule has 0 radical (unpaired) electrons. The Morgan fingerprint density at radius 1 is 0.709 bits per heavy atom. The zero-order valence-corrected chi connectivity index (χ0v) is 32.1. The number of rotatable bonds is 5. The third-order valence-electron chi connectivity index (χ3n) is 8.70. The van der Waals surface area contributed by atoms with Crippen molar-refractivity contribution in [2.75, 3.05) is 45.3 Å². The number of carbonyl (C=O) groups excluding carboxylic acids is 2. The molecule has 2 aromatic heterocycles. The van der Waals surface area contributed by atoms with Crippen LogP contribution < -0.4 is 10.2 Å². The maximum atomic E-state index is 11.8. The second kappa shape index (κ2) is 20.0. The number of carbonyl (C=O) groups is 2. The summed E-state index contributed by atoms with van der Waals surface area (Å²) in [5, 5.41) is 21.6. The van der Waals surface area contributed by atoms with Crippen molar-refractivity contribution in [1.29, 1.82) is 0 Å². The van der Waals surface area contributed by atoms with Crippen LogP contribution in [0.3, 0.4) is 0 Å². The number of hydrogen-bond acceptors (Lipinski definition) is 12. The number of benzene rings is 4. The highest BCUT2D eigenvalue weighted by Crippen LogP contribution is 2.32. The molecule has 4 heterocycles. The summed E-state index contributed by atoms with van der Waals surface area (Å²) in [7, 11) is 2.71. The van der Waals surface area contributed by atoms with Crippen LogP contribution >= 0.6 is 28.3 Å². The molecule has 0 aliphatic carbocycles. The Bertz CT molecular complexity index is 2210. The summed E-state index contributed by atoms with van der Waals surface area (Å²) >= 11 is 3.44. The molecular formula is C41H44BrClN6O6. The lowest BCUT2D eigenvalue weighted by Crippen LogP contribution is -2.23. The highest BCUT2D eigenvalue weighted by molar-refractivity contribution is 9.10. The molecule has 55 heavy (non-hydrogen) atoms. The van der Waals surface area contributed by atoms with Crippen LogP contribution in [0.2, 0.25) is 0 Å². The van der Waals surface area contributed by atoms with Crippen molar-refractivity contribution in [3.05, 3.63) is 113 Å². The fourth-order valence-corrected chi connectivity index (χ4v) is 6.44. The number of aliphatic hydroxyl groups excluding tert-OH is 2. The van der Waals surface area contributed by atoms with Gasteiger partial charge in [0.2, 0.25) is 0 Å². The van der Waals surface area contributed by atoms with Crippen LogP contribution in [-0.2, 0) is 9.47 Å². The van der Waals surface area contributed by atoms with Crippen molar-refractivity contribution in [3.63, 3.8) is 0 Å². The summed E-state index contributed by atoms with van der Waals surface area (Å²) in [5.41, 5.74) is 7.10. The van der Waals surface area contributed by atoms with Gasteiger partial charge in [0.1, 0.15) is 16.0 Å². The number of aliphatic hydroxyl groups is 2. The van der Waals surface area contributed by atoms with E-state index in [1.165, 1.54) is 14.2 Å². The number of nitrogens with zero attached hydrogens (tertiary/aromatic N) is 5. The summed E-state index contributed by atoms with van der Waals surface area (Å²) < 4.78 is 10.1. The van der Waals surface area contributed by atoms with Gasteiger partial charge in [-0.2, -0.15) is 0 Å². The van der Waals surface area contributed by atoms with Gasteiger partial charge in [-0.3, -0.25) is 0 Å². The third kappa shape index (κ3) is 10.6. The van der Waals surface area contributed by atoms with E-state index in [-0.39, 0.29) is 38.0 Å². The maximum Gasteiger partial charge on any atom is 0.337 e. The van der Waals surface area contributed by atoms with E-state index in [9.17, 15) is 14.7 Å². The lowest BCUT2D eigenvalue weighted by atomic mass is 10.1. The first kappa shape index (κ1) is 42.7. The topological polar surface area (TPSA) is 160 Å². The zero-order valence-electron chi connectivity index (χ0n) is 29.7. The van der Waals surface area contributed by atoms with Crippen LogP contribution in [0.4, 0.5) is 5.82 Å². The highest BCUT2D eigenvalue weighted by Gasteiger charge is 2.25. The maximum absolute atomic E-state index is 11.8. The zero-order chi connectivity index (χ0) is 37.3. The van der Waals surface area contributed by atoms with E-state index in [2.05, 4.69) is 31.2 Å². The van der Waals surface area contributed by atoms with Gasteiger partial charge in [0.15, 0.2) is 5.82 Å². The molecule has 8 rings (SSSR count). The predicted octanol–water partition coefficient (Wildman–Crippen LogP) is 6.90. The number of nitrogens with one attached hydrogen (secondary N) is 1. The fraction of sp³-hybridized carbons (Fsp3) is 0.268. The molecule has 2 aliphatic heterocycles. The third-order valence-corrected chi connectivity index (χ3v) is 9.25. The Labute approximate surface area is 334 Å². The van der Waals surface area contributed by atoms with Crippen LogP contribution in [0.15, 0.2) is 102 Å². The molecule has 12 nitrogen and oxygen atoms in total. The fourth-order valence-electron chi connectivity index (χ4n) is 5.93. The molecule has 3 N–H and O–H groups in total. The largest absolute Gasteiger partial charge is 0.465 e. The molecule has 2 aliphatic rings. The molecule has 2 saturated heterocycles. The second-order valence-electron chi connectivity index (χ2n) is 12.4. The number of fused-ring (bicyclic) bond motifs is 2. The van der Waals surface area contributed by atoms with E-state index in [4.69, 9.17) is 24.5 Å². The van der Waals surface area contributed by atoms with E-state index < -0.39 is 5.97 Å². The first-order chi connectivity index (χ1) is 25.7. The standard InChI is InChI=1S/C20H19N3O3.C16H11BrN2O2.C4H9NO.CH4.ClH/c1-26-20(25)14-7-8-16-17(11-14)22-19(23-10-9-15(24)12-23)18(21-16)13-5-3-2-4-6-13;1-21-16(20)11-7-8-12-13(9-11)19-15(17)14(18-12)10-5-3-2-4-6-10;6-4-1-2-5-3-4;;/h2-8,11,15,24H,9-10,12H2,1H3;2-9H,1H3;4-6H,1-3H2;1H4;1H/t15-;;4-;;/m0.0../s1. The van der Waals surface area contributed by atoms with Gasteiger partial charge < -0.3 is 29.9 Å². The molecule has 0 saturated carbocycles. The van der Waals surface area contributed by atoms with Gasteiger partial charge in [0, 0.05) is 30.8 Å². The van der Waals surface area contributed by atoms with Gasteiger partial charge in [-0.15, -0.1) is 12.4 Å². The molecule has 6 aromatic rings. The number of methoxy groups -OCH3 is 2. The monoisotopic (exact) mass is 830 g/mol. The molecule has 2 atom stereocenters. The molecule has 0 unspecified atom stereocenters. The number of ether oxygens (including phenoxy) is 2. The quantitative estimate of drug-likeness (QED) is 0.155. The van der Waals surface area contributed by atoms with Crippen LogP contribution in [-0.4, -0.2) is 94.7 Å². The van der Waals surface area contributed by atoms with Gasteiger partial charge in [-0.1, -0.05) is 68.1 Å². The van der Waals surface area contributed by atoms with Gasteiger partial charge in [0.25, 0.3) is 0 Å². The number of aromatic nitrogens is 4. The lowest BCUT2D eigenvalue weighted by molar-refractivity contribution is 0.0592. The minimum Gasteiger partial charge on any atom is -0.465 e. The van der Waals surface area contributed by atoms with Gasteiger partial charge >= 0.3 is 11.9 Å². The molecule has 0 amide bonds. The Balaban J connectivity index is 0.000000209. The molecule has 4 aromatic carbocycles. The molecular weight excluding hydrogens is 788 g/mol. The van der Waals surface area contributed by atoms with Gasteiger partial charge in [-0.25, -0.2) is 29.5 Å². The minimum absolute atomic E-state index is 0. The van der Waals surface area contributed by atoms with Crippen molar-refractivity contribution in [2.24, 2.45) is 0 Å². The Kier molecular flexibility index (Phi) is 15.6. The number of anilines is 1. The van der Waals surface area contributed by atoms with Gasteiger partial charge in [0.05, 0.1) is 59.6 Å². The number of esters is 2. The molecule has 288 valence electrons. The van der Waals surface area contributed by atoms with Crippen molar-refractivity contribution in [1.82, 2.24) is 25.3 Å². The van der Waals surface area contributed by atoms with E-state index >= 15 is 0 Å². The van der Waals surface area contributed by atoms with Crippen molar-refractivity contribution >= 4 is 68.2 Å². The van der Waals surface area contributed by atoms with E-state index in [0.717, 1.165) is 59.9 Å². The van der Waals surface area contributed by atoms with Crippen molar-refractivity contribution in [2.45, 2.75) is 32.5 Å². The minimum atomic E-state index is -0.404. The second-order valence-corrected chi connectivity index (χ2v) is 13.2. The molecule has 2 fully saturated rings. The van der Waals surface area contributed by atoms with Crippen molar-refractivity contribution in [3.8, 4) is 22.5 Å². The number of hydrogen-bond donors (Lipinski definition) is 3. The lowest BCUT2D eigenvalue weighted by Gasteiger charge is -2.20. The Morgan fingerprint density at radius 3 is 1.69 bits per heavy atom. The highest BCUT2D eigenvalue weighted by atomic mass is 79.9. The number of halogens is 2. The first-order valence-electron chi connectivity index (χ1n) is 17.1. The molecule has 0 spiro atoms. The number of β-amino-alcohol motifs (C(OH)–C–C–N with tert-alkyl or cyclic N) is 2. The average molecular weight is 832 g/mol. The smallest absolute Gasteiger partial charge is 0.337 e. The van der Waals surface area contributed by atoms with Crippen LogP contribution in [0.5, 0.6) is 0 Å². The van der Waals surface area contributed by atoms with E-state index in [1.807, 2.05) is 65.6 Å². The summed E-state index contributed by atoms with van der Waals surface area (Å²) in [6.07, 6.45) is 1.21. The van der Waals surface area contributed by atoms with Crippen LogP contribution in [0.25, 0.3) is 44.6 Å². The average Bonchev–Trinajstić information content (AvgIpc) is 3.87. The summed E-state index contributed by atoms with van der Waals surface area (Å²) in [6.45, 7) is 3.02. The summed E-state index contributed by atoms with van der Waals surface area (Å²) in [6, 6.07) is 30.0. The van der Waals surface area contributed by atoms with E-state index in [1.54, 1.807) is 36.4 Å². The Hall–Kier alpha value is -5.05. The molecule has 0 bridgehead atoms. The molecule has 14 heteroatoms. The van der Waals surface area contributed by atoms with Crippen molar-refractivity contribution < 1.29 is 29.3 Å². The van der Waals surface area contributed by atoms with Gasteiger partial charge in [-0.05, 0) is 71.7 Å². The SMILES string of the molecule is C.COC(=O)c1ccc2nc(-c3ccccc3)c(Br)nc2c1.COC(=O)c1ccc2nc(-c3ccccc3)c(N3CC[C@H](O)C3)nc2c1.Cl.O[C@H]1CCNC1. The normalized spacial score (nSPS) is 15.8.